The summed E-state index contributed by atoms with van der Waals surface area (Å²) in [6, 6.07) is 6.07. The Bertz CT molecular complexity index is 809. The average Bonchev–Trinajstić information content (AvgIpc) is 2.95. The van der Waals surface area contributed by atoms with Gasteiger partial charge in [-0.2, -0.15) is 0 Å². The lowest BCUT2D eigenvalue weighted by Crippen LogP contribution is -2.39. The lowest BCUT2D eigenvalue weighted by molar-refractivity contribution is -0.124. The Hall–Kier alpha value is -1.79. The topological polar surface area (TPSA) is 38.8 Å². The summed E-state index contributed by atoms with van der Waals surface area (Å²) in [4.78, 5) is 15.4. The van der Waals surface area contributed by atoms with Gasteiger partial charge in [-0.3, -0.25) is 9.69 Å². The number of hydrogen-bond acceptors (Lipinski definition) is 5. The molecular weight excluding hydrogens is 366 g/mol. The van der Waals surface area contributed by atoms with Crippen LogP contribution in [0.3, 0.4) is 0 Å². The Morgan fingerprint density at radius 1 is 1.31 bits per heavy atom. The molecule has 26 heavy (non-hydrogen) atoms. The first-order valence-corrected chi connectivity index (χ1v) is 10.2. The largest absolute Gasteiger partial charge is 0.493 e. The smallest absolute Gasteiger partial charge is 0.266 e. The minimum Gasteiger partial charge on any atom is -0.493 e. The number of carbonyl (C=O) groups is 1. The van der Waals surface area contributed by atoms with E-state index in [0.717, 1.165) is 35.5 Å². The number of benzene rings is 1. The molecule has 0 spiro atoms. The van der Waals surface area contributed by atoms with Gasteiger partial charge in [0.15, 0.2) is 11.5 Å². The first kappa shape index (κ1) is 17.6. The third-order valence-electron chi connectivity index (χ3n) is 5.03. The Morgan fingerprint density at radius 2 is 2.12 bits per heavy atom. The molecule has 0 radical (unpaired) electrons. The highest BCUT2D eigenvalue weighted by Crippen LogP contribution is 2.39. The van der Waals surface area contributed by atoms with E-state index in [4.69, 9.17) is 21.7 Å². The maximum Gasteiger partial charge on any atom is 0.266 e. The van der Waals surface area contributed by atoms with Gasteiger partial charge in [-0.15, -0.1) is 0 Å². The average molecular weight is 388 g/mol. The van der Waals surface area contributed by atoms with Crippen LogP contribution in [0.1, 0.15) is 37.7 Å². The van der Waals surface area contributed by atoms with Crippen molar-refractivity contribution in [1.29, 1.82) is 0 Å². The van der Waals surface area contributed by atoms with Crippen LogP contribution in [-0.2, 0) is 4.79 Å². The van der Waals surface area contributed by atoms with Crippen LogP contribution in [0.2, 0.25) is 0 Å². The van der Waals surface area contributed by atoms with Crippen molar-refractivity contribution in [2.24, 2.45) is 0 Å². The van der Waals surface area contributed by atoms with Crippen molar-refractivity contribution in [3.05, 3.63) is 40.3 Å². The molecule has 1 aromatic carbocycles. The molecule has 0 N–H and O–H groups in total. The summed E-state index contributed by atoms with van der Waals surface area (Å²) in [6.07, 6.45) is 9.70. The zero-order valence-electron chi connectivity index (χ0n) is 14.7. The fourth-order valence-electron chi connectivity index (χ4n) is 3.74. The van der Waals surface area contributed by atoms with Crippen molar-refractivity contribution < 1.29 is 14.3 Å². The molecule has 4 rings (SSSR count). The number of rotatable bonds is 3. The van der Waals surface area contributed by atoms with Crippen LogP contribution in [0.15, 0.2) is 34.8 Å². The molecule has 1 saturated carbocycles. The summed E-state index contributed by atoms with van der Waals surface area (Å²) in [5, 5.41) is 0. The van der Waals surface area contributed by atoms with Gasteiger partial charge < -0.3 is 9.47 Å². The van der Waals surface area contributed by atoms with E-state index in [0.29, 0.717) is 15.8 Å². The Morgan fingerprint density at radius 3 is 2.88 bits per heavy atom. The van der Waals surface area contributed by atoms with E-state index in [1.54, 1.807) is 7.11 Å². The van der Waals surface area contributed by atoms with E-state index >= 15 is 0 Å². The zero-order chi connectivity index (χ0) is 18.1. The second-order valence-corrected chi connectivity index (χ2v) is 8.41. The predicted octanol–water partition coefficient (Wildman–Crippen LogP) is 4.55. The maximum absolute atomic E-state index is 12.9. The number of thiocarbonyl (C=S) groups is 1. The van der Waals surface area contributed by atoms with E-state index in [2.05, 4.69) is 6.08 Å². The third kappa shape index (κ3) is 3.28. The standard InChI is InChI=1S/C20H21NO3S2/c1-23-16-9-5-6-14-10-13(12-24-18(14)16)11-17-19(22)21(20(25)26-17)15-7-3-2-4-8-15/h5-6,9-11,15H,2-4,7-8,12H2,1H3. The number of nitrogens with zero attached hydrogens (tertiary/aromatic N) is 1. The van der Waals surface area contributed by atoms with Crippen LogP contribution >= 0.6 is 24.0 Å². The van der Waals surface area contributed by atoms with E-state index in [1.165, 1.54) is 31.0 Å². The molecule has 136 valence electrons. The summed E-state index contributed by atoms with van der Waals surface area (Å²) < 4.78 is 11.9. The SMILES string of the molecule is COc1cccc2c1OCC(C=C1SC(=S)N(C3CCCCC3)C1=O)=C2. The van der Waals surface area contributed by atoms with Gasteiger partial charge in [0.2, 0.25) is 0 Å². The van der Waals surface area contributed by atoms with Crippen LogP contribution < -0.4 is 9.47 Å². The summed E-state index contributed by atoms with van der Waals surface area (Å²) >= 11 is 6.90. The molecule has 1 aromatic rings. The molecule has 0 unspecified atom stereocenters. The minimum absolute atomic E-state index is 0.0456. The van der Waals surface area contributed by atoms with Crippen molar-refractivity contribution in [1.82, 2.24) is 4.90 Å². The lowest BCUT2D eigenvalue weighted by atomic mass is 9.94. The highest BCUT2D eigenvalue weighted by atomic mass is 32.2. The van der Waals surface area contributed by atoms with Gasteiger partial charge >= 0.3 is 0 Å². The quantitative estimate of drug-likeness (QED) is 0.562. The first-order chi connectivity index (χ1) is 12.7. The van der Waals surface area contributed by atoms with Gasteiger partial charge in [0.05, 0.1) is 12.0 Å². The second kappa shape index (κ2) is 7.45. The number of thioether (sulfide) groups is 1. The van der Waals surface area contributed by atoms with Gasteiger partial charge in [-0.05, 0) is 36.6 Å². The molecule has 3 aliphatic rings. The molecule has 1 aliphatic carbocycles. The fourth-order valence-corrected chi connectivity index (χ4v) is 5.16. The second-order valence-electron chi connectivity index (χ2n) is 6.73. The molecule has 0 bridgehead atoms. The molecule has 0 atom stereocenters. The zero-order valence-corrected chi connectivity index (χ0v) is 16.3. The number of hydrogen-bond donors (Lipinski definition) is 0. The highest BCUT2D eigenvalue weighted by Gasteiger charge is 2.37. The van der Waals surface area contributed by atoms with Crippen molar-refractivity contribution in [2.45, 2.75) is 38.1 Å². The minimum atomic E-state index is 0.0456. The molecule has 1 saturated heterocycles. The number of ether oxygens (including phenoxy) is 2. The normalized spacial score (nSPS) is 22.3. The van der Waals surface area contributed by atoms with Crippen LogP contribution in [-0.4, -0.2) is 34.9 Å². The van der Waals surface area contributed by atoms with Crippen LogP contribution in [0, 0.1) is 0 Å². The number of fused-ring (bicyclic) bond motifs is 1. The van der Waals surface area contributed by atoms with Gasteiger partial charge in [-0.1, -0.05) is 55.4 Å². The maximum atomic E-state index is 12.9. The molecule has 0 aromatic heterocycles. The monoisotopic (exact) mass is 387 g/mol. The molecule has 6 heteroatoms. The molecule has 1 amide bonds. The number of methoxy groups -OCH3 is 1. The highest BCUT2D eigenvalue weighted by molar-refractivity contribution is 8.26. The third-order valence-corrected chi connectivity index (χ3v) is 6.36. The number of amides is 1. The Labute approximate surface area is 163 Å². The lowest BCUT2D eigenvalue weighted by Gasteiger charge is -2.29. The van der Waals surface area contributed by atoms with Crippen LogP contribution in [0.4, 0.5) is 0 Å². The van der Waals surface area contributed by atoms with Crippen LogP contribution in [0.25, 0.3) is 6.08 Å². The molecule has 2 fully saturated rings. The molecule has 4 nitrogen and oxygen atoms in total. The predicted molar refractivity (Wildman–Crippen MR) is 108 cm³/mol. The Kier molecular flexibility index (Phi) is 5.05. The van der Waals surface area contributed by atoms with Gasteiger partial charge in [0.25, 0.3) is 5.91 Å². The summed E-state index contributed by atoms with van der Waals surface area (Å²) in [5.74, 6) is 1.52. The first-order valence-electron chi connectivity index (χ1n) is 8.95. The van der Waals surface area contributed by atoms with Gasteiger partial charge in [0.1, 0.15) is 10.9 Å². The van der Waals surface area contributed by atoms with Crippen LogP contribution in [0.5, 0.6) is 11.5 Å². The summed E-state index contributed by atoms with van der Waals surface area (Å²) in [6.45, 7) is 0.418. The van der Waals surface area contributed by atoms with E-state index in [1.807, 2.05) is 29.2 Å². The molecular formula is C20H21NO3S2. The Balaban J connectivity index is 1.58. The molecule has 2 aliphatic heterocycles. The van der Waals surface area contributed by atoms with Crippen molar-refractivity contribution in [2.75, 3.05) is 13.7 Å². The van der Waals surface area contributed by atoms with Gasteiger partial charge in [-0.25, -0.2) is 0 Å². The van der Waals surface area contributed by atoms with E-state index in [9.17, 15) is 4.79 Å². The van der Waals surface area contributed by atoms with Crippen molar-refractivity contribution in [3.8, 4) is 11.5 Å². The van der Waals surface area contributed by atoms with E-state index in [-0.39, 0.29) is 11.9 Å². The summed E-state index contributed by atoms with van der Waals surface area (Å²) in [7, 11) is 1.63. The van der Waals surface area contributed by atoms with E-state index < -0.39 is 0 Å². The van der Waals surface area contributed by atoms with Gasteiger partial charge in [0, 0.05) is 11.6 Å². The van der Waals surface area contributed by atoms with Crippen molar-refractivity contribution >= 4 is 40.3 Å². The fraction of sp³-hybridized carbons (Fsp3) is 0.400. The number of carbonyl (C=O) groups excluding carboxylic acids is 1. The summed E-state index contributed by atoms with van der Waals surface area (Å²) in [5.41, 5.74) is 1.93. The number of para-hydroxylation sites is 1. The van der Waals surface area contributed by atoms with Crippen molar-refractivity contribution in [3.63, 3.8) is 0 Å². The molecule has 2 heterocycles.